The zero-order chi connectivity index (χ0) is 19.1. The first-order valence-electron chi connectivity index (χ1n) is 8.79. The van der Waals surface area contributed by atoms with Gasteiger partial charge in [0.2, 0.25) is 0 Å². The predicted molar refractivity (Wildman–Crippen MR) is 102 cm³/mol. The molecule has 1 fully saturated rings. The molecule has 1 aromatic rings. The van der Waals surface area contributed by atoms with Crippen LogP contribution in [0.2, 0.25) is 0 Å². The molecular weight excluding hydrogens is 355 g/mol. The monoisotopic (exact) mass is 380 g/mol. The zero-order valence-corrected chi connectivity index (χ0v) is 15.8. The molecule has 0 radical (unpaired) electrons. The highest BCUT2D eigenvalue weighted by Crippen LogP contribution is 2.17. The molecule has 142 valence electrons. The van der Waals surface area contributed by atoms with Crippen molar-refractivity contribution in [3.63, 3.8) is 0 Å². The molecule has 1 saturated carbocycles. The molecule has 0 saturated heterocycles. The quantitative estimate of drug-likeness (QED) is 0.464. The molecule has 26 heavy (non-hydrogen) atoms. The molecule has 0 bridgehead atoms. The van der Waals surface area contributed by atoms with Crippen molar-refractivity contribution in [2.24, 2.45) is 5.92 Å². The largest absolute Gasteiger partial charge is 0.359 e. The fraction of sp³-hybridized carbons (Fsp3) is 0.500. The molecule has 6 nitrogen and oxygen atoms in total. The maximum absolute atomic E-state index is 13.0. The molecule has 0 aromatic heterocycles. The van der Waals surface area contributed by atoms with Gasteiger partial charge >= 0.3 is 0 Å². The van der Waals surface area contributed by atoms with Crippen LogP contribution < -0.4 is 21.5 Å². The van der Waals surface area contributed by atoms with Crippen molar-refractivity contribution in [3.05, 3.63) is 35.6 Å². The maximum atomic E-state index is 13.0. The van der Waals surface area contributed by atoms with Gasteiger partial charge in [-0.1, -0.05) is 26.7 Å². The van der Waals surface area contributed by atoms with Gasteiger partial charge in [-0.2, -0.15) is 0 Å². The summed E-state index contributed by atoms with van der Waals surface area (Å²) in [5.74, 6) is -1.40. The minimum Gasteiger partial charge on any atom is -0.359 e. The SMILES string of the molecule is CC(C)[C@H](NC(=O)c1ccc(F)cc1)C(=O)NNC(=S)NC1CCCC1. The summed E-state index contributed by atoms with van der Waals surface area (Å²) < 4.78 is 13.0. The first kappa shape index (κ1) is 20.1. The van der Waals surface area contributed by atoms with E-state index in [1.54, 1.807) is 0 Å². The van der Waals surface area contributed by atoms with Gasteiger partial charge in [-0.05, 0) is 55.2 Å². The second-order valence-corrected chi connectivity index (χ2v) is 7.18. The second kappa shape index (κ2) is 9.47. The van der Waals surface area contributed by atoms with Crippen LogP contribution in [0.15, 0.2) is 24.3 Å². The summed E-state index contributed by atoms with van der Waals surface area (Å²) in [6, 6.07) is 4.74. The van der Waals surface area contributed by atoms with E-state index in [0.29, 0.717) is 11.2 Å². The average molecular weight is 380 g/mol. The molecule has 0 heterocycles. The van der Waals surface area contributed by atoms with Crippen molar-refractivity contribution in [2.45, 2.75) is 51.6 Å². The molecule has 0 unspecified atom stereocenters. The molecule has 8 heteroatoms. The van der Waals surface area contributed by atoms with Crippen LogP contribution in [-0.2, 0) is 4.79 Å². The fourth-order valence-corrected chi connectivity index (χ4v) is 3.07. The predicted octanol–water partition coefficient (Wildman–Crippen LogP) is 2.02. The van der Waals surface area contributed by atoms with Crippen molar-refractivity contribution in [1.29, 1.82) is 0 Å². The minimum atomic E-state index is -0.755. The Hall–Kier alpha value is -2.22. The van der Waals surface area contributed by atoms with Gasteiger partial charge in [0.15, 0.2) is 5.11 Å². The highest BCUT2D eigenvalue weighted by Gasteiger charge is 2.25. The van der Waals surface area contributed by atoms with E-state index < -0.39 is 23.7 Å². The van der Waals surface area contributed by atoms with Crippen LogP contribution in [0.5, 0.6) is 0 Å². The number of hydrogen-bond donors (Lipinski definition) is 4. The lowest BCUT2D eigenvalue weighted by Crippen LogP contribution is -2.56. The van der Waals surface area contributed by atoms with Crippen molar-refractivity contribution < 1.29 is 14.0 Å². The van der Waals surface area contributed by atoms with E-state index >= 15 is 0 Å². The number of rotatable bonds is 5. The van der Waals surface area contributed by atoms with Gasteiger partial charge in [-0.15, -0.1) is 0 Å². The lowest BCUT2D eigenvalue weighted by atomic mass is 10.0. The number of carbonyl (C=O) groups excluding carboxylic acids is 2. The van der Waals surface area contributed by atoms with Crippen LogP contribution in [0, 0.1) is 11.7 Å². The van der Waals surface area contributed by atoms with E-state index in [1.807, 2.05) is 13.8 Å². The van der Waals surface area contributed by atoms with Crippen LogP contribution in [0.25, 0.3) is 0 Å². The summed E-state index contributed by atoms with van der Waals surface area (Å²) >= 11 is 5.18. The zero-order valence-electron chi connectivity index (χ0n) is 15.0. The third-order valence-corrected chi connectivity index (χ3v) is 4.55. The molecule has 1 aromatic carbocycles. The number of hydrazine groups is 1. The summed E-state index contributed by atoms with van der Waals surface area (Å²) in [5.41, 5.74) is 5.51. The summed E-state index contributed by atoms with van der Waals surface area (Å²) in [6.07, 6.45) is 4.49. The molecule has 2 rings (SSSR count). The van der Waals surface area contributed by atoms with Gasteiger partial charge in [-0.3, -0.25) is 20.4 Å². The standard InChI is InChI=1S/C18H25FN4O2S/c1-11(2)15(21-16(24)12-7-9-13(19)10-8-12)17(25)22-23-18(26)20-14-5-3-4-6-14/h7-11,14-15H,3-6H2,1-2H3,(H,21,24)(H,22,25)(H2,20,23,26)/t15-/m0/s1. The van der Waals surface area contributed by atoms with Crippen LogP contribution in [0.4, 0.5) is 4.39 Å². The smallest absolute Gasteiger partial charge is 0.261 e. The Kier molecular flexibility index (Phi) is 7.32. The lowest BCUT2D eigenvalue weighted by Gasteiger charge is -2.23. The first-order valence-corrected chi connectivity index (χ1v) is 9.20. The fourth-order valence-electron chi connectivity index (χ4n) is 2.85. The Balaban J connectivity index is 1.86. The Morgan fingerprint density at radius 3 is 2.31 bits per heavy atom. The summed E-state index contributed by atoms with van der Waals surface area (Å²) in [6.45, 7) is 3.65. The van der Waals surface area contributed by atoms with Crippen molar-refractivity contribution in [1.82, 2.24) is 21.5 Å². The van der Waals surface area contributed by atoms with E-state index in [1.165, 1.54) is 37.1 Å². The van der Waals surface area contributed by atoms with Crippen molar-refractivity contribution in [2.75, 3.05) is 0 Å². The molecule has 1 atom stereocenters. The topological polar surface area (TPSA) is 82.3 Å². The van der Waals surface area contributed by atoms with Crippen LogP contribution in [0.3, 0.4) is 0 Å². The van der Waals surface area contributed by atoms with Crippen LogP contribution in [0.1, 0.15) is 49.9 Å². The van der Waals surface area contributed by atoms with Gasteiger partial charge in [0, 0.05) is 11.6 Å². The Morgan fingerprint density at radius 2 is 1.73 bits per heavy atom. The van der Waals surface area contributed by atoms with Gasteiger partial charge in [-0.25, -0.2) is 4.39 Å². The van der Waals surface area contributed by atoms with Gasteiger partial charge in [0.05, 0.1) is 0 Å². The number of thiocarbonyl (C=S) groups is 1. The average Bonchev–Trinajstić information content (AvgIpc) is 3.10. The van der Waals surface area contributed by atoms with E-state index in [2.05, 4.69) is 21.5 Å². The van der Waals surface area contributed by atoms with E-state index in [-0.39, 0.29) is 11.5 Å². The molecule has 4 N–H and O–H groups in total. The summed E-state index contributed by atoms with van der Waals surface area (Å²) in [7, 11) is 0. The third kappa shape index (κ3) is 5.94. The Labute approximate surface area is 158 Å². The lowest BCUT2D eigenvalue weighted by molar-refractivity contribution is -0.124. The molecule has 2 amide bonds. The molecule has 1 aliphatic rings. The second-order valence-electron chi connectivity index (χ2n) is 6.77. The van der Waals surface area contributed by atoms with Gasteiger partial charge in [0.1, 0.15) is 11.9 Å². The van der Waals surface area contributed by atoms with Crippen molar-refractivity contribution in [3.8, 4) is 0 Å². The summed E-state index contributed by atoms with van der Waals surface area (Å²) in [4.78, 5) is 24.7. The van der Waals surface area contributed by atoms with E-state index in [4.69, 9.17) is 12.2 Å². The van der Waals surface area contributed by atoms with Gasteiger partial charge in [0.25, 0.3) is 11.8 Å². The number of amides is 2. The maximum Gasteiger partial charge on any atom is 0.261 e. The number of carbonyl (C=O) groups is 2. The first-order chi connectivity index (χ1) is 12.4. The Bertz CT molecular complexity index is 645. The van der Waals surface area contributed by atoms with E-state index in [9.17, 15) is 14.0 Å². The number of nitrogens with one attached hydrogen (secondary N) is 4. The highest BCUT2D eigenvalue weighted by atomic mass is 32.1. The number of benzene rings is 1. The normalized spacial score (nSPS) is 15.4. The number of halogens is 1. The summed E-state index contributed by atoms with van der Waals surface area (Å²) in [5, 5.41) is 6.19. The van der Waals surface area contributed by atoms with E-state index in [0.717, 1.165) is 12.8 Å². The minimum absolute atomic E-state index is 0.141. The Morgan fingerprint density at radius 1 is 1.12 bits per heavy atom. The van der Waals surface area contributed by atoms with Crippen molar-refractivity contribution >= 4 is 29.1 Å². The highest BCUT2D eigenvalue weighted by molar-refractivity contribution is 7.80. The molecular formula is C18H25FN4O2S. The van der Waals surface area contributed by atoms with Gasteiger partial charge < -0.3 is 10.6 Å². The molecule has 1 aliphatic carbocycles. The third-order valence-electron chi connectivity index (χ3n) is 4.33. The molecule has 0 spiro atoms. The number of hydrogen-bond acceptors (Lipinski definition) is 3. The van der Waals surface area contributed by atoms with Crippen LogP contribution >= 0.6 is 12.2 Å². The molecule has 0 aliphatic heterocycles. The van der Waals surface area contributed by atoms with Crippen LogP contribution in [-0.4, -0.2) is 29.0 Å².